The van der Waals surface area contributed by atoms with Crippen LogP contribution in [0.3, 0.4) is 0 Å². The molecule has 0 amide bonds. The second kappa shape index (κ2) is 8.18. The Bertz CT molecular complexity index is 565. The first-order valence-corrected chi connectivity index (χ1v) is 6.96. The number of hydrogen-bond donors (Lipinski definition) is 0. The highest BCUT2D eigenvalue weighted by molar-refractivity contribution is 5.69. The Labute approximate surface area is 122 Å². The highest BCUT2D eigenvalue weighted by atomic mass is 16.6. The number of aromatic nitrogens is 1. The number of esters is 1. The van der Waals surface area contributed by atoms with Gasteiger partial charge in [-0.2, -0.15) is 0 Å². The molecule has 0 bridgehead atoms. The van der Waals surface area contributed by atoms with Crippen LogP contribution in [0, 0.1) is 17.0 Å². The van der Waals surface area contributed by atoms with Gasteiger partial charge < -0.3 is 9.30 Å². The molecule has 0 aliphatic rings. The van der Waals surface area contributed by atoms with Gasteiger partial charge in [-0.25, -0.2) is 0 Å². The first-order chi connectivity index (χ1) is 9.95. The Morgan fingerprint density at radius 2 is 2.10 bits per heavy atom. The zero-order valence-electron chi connectivity index (χ0n) is 12.3. The maximum atomic E-state index is 11.7. The molecule has 1 heterocycles. The number of ether oxygens (including phenoxy) is 1. The third-order valence-corrected chi connectivity index (χ3v) is 3.09. The maximum Gasteiger partial charge on any atom is 0.305 e. The summed E-state index contributed by atoms with van der Waals surface area (Å²) in [4.78, 5) is 33.2. The molecule has 7 nitrogen and oxygen atoms in total. The molecular formula is C14H20N2O5. The van der Waals surface area contributed by atoms with Crippen molar-refractivity contribution in [3.63, 3.8) is 0 Å². The molecule has 0 aliphatic heterocycles. The number of aryl methyl sites for hydroxylation is 2. The van der Waals surface area contributed by atoms with Crippen LogP contribution in [-0.2, 0) is 16.1 Å². The molecule has 7 heteroatoms. The van der Waals surface area contributed by atoms with E-state index in [1.807, 2.05) is 0 Å². The molecule has 1 aromatic heterocycles. The highest BCUT2D eigenvalue weighted by Crippen LogP contribution is 2.14. The molecule has 0 radical (unpaired) electrons. The summed E-state index contributed by atoms with van der Waals surface area (Å²) in [5.74, 6) is -0.222. The molecule has 0 fully saturated rings. The van der Waals surface area contributed by atoms with Crippen molar-refractivity contribution in [2.24, 2.45) is 0 Å². The van der Waals surface area contributed by atoms with Crippen LogP contribution in [0.4, 0.5) is 5.69 Å². The van der Waals surface area contributed by atoms with Crippen molar-refractivity contribution in [2.75, 3.05) is 6.61 Å². The highest BCUT2D eigenvalue weighted by Gasteiger charge is 2.12. The molecule has 0 aromatic carbocycles. The molecule has 0 unspecified atom stereocenters. The Morgan fingerprint density at radius 3 is 2.71 bits per heavy atom. The van der Waals surface area contributed by atoms with Gasteiger partial charge in [0.05, 0.1) is 17.7 Å². The summed E-state index contributed by atoms with van der Waals surface area (Å²) in [7, 11) is 0. The average molecular weight is 296 g/mol. The van der Waals surface area contributed by atoms with E-state index in [0.717, 1.165) is 6.42 Å². The molecule has 0 spiro atoms. The Balaban J connectivity index is 2.49. The second-order valence-electron chi connectivity index (χ2n) is 4.75. The van der Waals surface area contributed by atoms with E-state index in [1.165, 1.54) is 16.8 Å². The van der Waals surface area contributed by atoms with Crippen LogP contribution in [0.5, 0.6) is 0 Å². The number of rotatable bonds is 8. The van der Waals surface area contributed by atoms with Crippen molar-refractivity contribution in [1.29, 1.82) is 0 Å². The van der Waals surface area contributed by atoms with Crippen molar-refractivity contribution in [1.82, 2.24) is 4.57 Å². The van der Waals surface area contributed by atoms with Crippen molar-refractivity contribution in [3.8, 4) is 0 Å². The summed E-state index contributed by atoms with van der Waals surface area (Å²) < 4.78 is 6.15. The predicted octanol–water partition coefficient (Wildman–Crippen LogP) is 2.19. The Hall–Kier alpha value is -2.18. The van der Waals surface area contributed by atoms with E-state index in [0.29, 0.717) is 38.0 Å². The van der Waals surface area contributed by atoms with Crippen molar-refractivity contribution >= 4 is 11.7 Å². The van der Waals surface area contributed by atoms with E-state index >= 15 is 0 Å². The van der Waals surface area contributed by atoms with Gasteiger partial charge in [0.1, 0.15) is 0 Å². The fraction of sp³-hybridized carbons (Fsp3) is 0.571. The molecule has 1 aromatic rings. The number of pyridine rings is 1. The normalized spacial score (nSPS) is 10.4. The van der Waals surface area contributed by atoms with E-state index in [2.05, 4.69) is 0 Å². The van der Waals surface area contributed by atoms with E-state index in [9.17, 15) is 19.7 Å². The lowest BCUT2D eigenvalue weighted by atomic mass is 10.2. The average Bonchev–Trinajstić information content (AvgIpc) is 2.40. The number of carbonyl (C=O) groups excluding carboxylic acids is 1. The zero-order valence-corrected chi connectivity index (χ0v) is 12.3. The van der Waals surface area contributed by atoms with Crippen LogP contribution in [0.2, 0.25) is 0 Å². The summed E-state index contributed by atoms with van der Waals surface area (Å²) >= 11 is 0. The van der Waals surface area contributed by atoms with Crippen LogP contribution >= 0.6 is 0 Å². The summed E-state index contributed by atoms with van der Waals surface area (Å²) in [5, 5.41) is 10.8. The van der Waals surface area contributed by atoms with Crippen LogP contribution in [0.1, 0.15) is 38.2 Å². The minimum Gasteiger partial charge on any atom is -0.466 e. The largest absolute Gasteiger partial charge is 0.466 e. The molecule has 0 aliphatic carbocycles. The van der Waals surface area contributed by atoms with Gasteiger partial charge in [0.25, 0.3) is 11.2 Å². The van der Waals surface area contributed by atoms with Gasteiger partial charge >= 0.3 is 5.97 Å². The Kier molecular flexibility index (Phi) is 6.58. The van der Waals surface area contributed by atoms with Gasteiger partial charge in [-0.1, -0.05) is 6.42 Å². The lowest BCUT2D eigenvalue weighted by Crippen LogP contribution is -2.20. The van der Waals surface area contributed by atoms with E-state index in [4.69, 9.17) is 4.74 Å². The van der Waals surface area contributed by atoms with Gasteiger partial charge in [-0.3, -0.25) is 19.7 Å². The van der Waals surface area contributed by atoms with Gasteiger partial charge in [0, 0.05) is 24.6 Å². The number of hydrogen-bond acceptors (Lipinski definition) is 5. The smallest absolute Gasteiger partial charge is 0.305 e. The van der Waals surface area contributed by atoms with Crippen molar-refractivity contribution in [2.45, 2.75) is 46.1 Å². The summed E-state index contributed by atoms with van der Waals surface area (Å²) in [6, 6.07) is 1.27. The van der Waals surface area contributed by atoms with E-state index in [1.54, 1.807) is 13.8 Å². The standard InChI is InChI=1S/C14H20N2O5/c1-3-21-14(18)7-5-4-6-8-15-10-12(16(19)20)11(2)9-13(15)17/h9-10H,3-8H2,1-2H3. The van der Waals surface area contributed by atoms with Gasteiger partial charge in [0.15, 0.2) is 0 Å². The third kappa shape index (κ3) is 5.37. The monoisotopic (exact) mass is 296 g/mol. The summed E-state index contributed by atoms with van der Waals surface area (Å²) in [6.07, 6.45) is 3.76. The van der Waals surface area contributed by atoms with Crippen LogP contribution < -0.4 is 5.56 Å². The topological polar surface area (TPSA) is 91.4 Å². The number of nitro groups is 1. The van der Waals surface area contributed by atoms with Crippen LogP contribution in [-0.4, -0.2) is 22.1 Å². The lowest BCUT2D eigenvalue weighted by molar-refractivity contribution is -0.385. The first kappa shape index (κ1) is 16.9. The first-order valence-electron chi connectivity index (χ1n) is 6.96. The Morgan fingerprint density at radius 1 is 1.38 bits per heavy atom. The van der Waals surface area contributed by atoms with Crippen LogP contribution in [0.15, 0.2) is 17.1 Å². The molecule has 1 rings (SSSR count). The molecule has 0 N–H and O–H groups in total. The number of unbranched alkanes of at least 4 members (excludes halogenated alkanes) is 2. The maximum absolute atomic E-state index is 11.7. The molecule has 21 heavy (non-hydrogen) atoms. The number of carbonyl (C=O) groups is 1. The fourth-order valence-electron chi connectivity index (χ4n) is 1.98. The van der Waals surface area contributed by atoms with Crippen molar-refractivity contribution in [3.05, 3.63) is 38.3 Å². The summed E-state index contributed by atoms with van der Waals surface area (Å²) in [5.41, 5.74) is 0.0631. The molecule has 0 saturated heterocycles. The van der Waals surface area contributed by atoms with Gasteiger partial charge in [-0.05, 0) is 26.7 Å². The van der Waals surface area contributed by atoms with E-state index < -0.39 is 4.92 Å². The molecule has 0 saturated carbocycles. The predicted molar refractivity (Wildman–Crippen MR) is 77.2 cm³/mol. The number of nitrogens with zero attached hydrogens (tertiary/aromatic N) is 2. The second-order valence-corrected chi connectivity index (χ2v) is 4.75. The van der Waals surface area contributed by atoms with Gasteiger partial charge in [-0.15, -0.1) is 0 Å². The van der Waals surface area contributed by atoms with Crippen molar-refractivity contribution < 1.29 is 14.5 Å². The minimum atomic E-state index is -0.494. The molecular weight excluding hydrogens is 276 g/mol. The summed E-state index contributed by atoms with van der Waals surface area (Å²) in [6.45, 7) is 4.09. The minimum absolute atomic E-state index is 0.0545. The van der Waals surface area contributed by atoms with Gasteiger partial charge in [0.2, 0.25) is 0 Å². The zero-order chi connectivity index (χ0) is 15.8. The van der Waals surface area contributed by atoms with E-state index in [-0.39, 0.29) is 17.2 Å². The quantitative estimate of drug-likeness (QED) is 0.317. The SMILES string of the molecule is CCOC(=O)CCCCCn1cc([N+](=O)[O-])c(C)cc1=O. The molecule has 0 atom stereocenters. The lowest BCUT2D eigenvalue weighted by Gasteiger charge is -2.06. The fourth-order valence-corrected chi connectivity index (χ4v) is 1.98. The third-order valence-electron chi connectivity index (χ3n) is 3.09. The van der Waals surface area contributed by atoms with Crippen LogP contribution in [0.25, 0.3) is 0 Å². The molecule has 116 valence electrons.